The minimum atomic E-state index is 0.687. The van der Waals surface area contributed by atoms with Gasteiger partial charge in [-0.05, 0) is 37.6 Å². The molecule has 1 aromatic heterocycles. The highest BCUT2D eigenvalue weighted by Crippen LogP contribution is 2.29. The molecule has 102 valence electrons. The van der Waals surface area contributed by atoms with Crippen molar-refractivity contribution in [2.45, 2.75) is 13.8 Å². The Bertz CT molecular complexity index is 618. The lowest BCUT2D eigenvalue weighted by Crippen LogP contribution is -2.01. The maximum absolute atomic E-state index is 11.2. The number of aldehydes is 1. The van der Waals surface area contributed by atoms with Crippen molar-refractivity contribution < 1.29 is 4.79 Å². The molecule has 0 unspecified atom stereocenters. The molecule has 0 amide bonds. The number of hydrogen-bond acceptors (Lipinski definition) is 3. The third-order valence-electron chi connectivity index (χ3n) is 3.13. The van der Waals surface area contributed by atoms with E-state index < -0.39 is 0 Å². The second-order valence-electron chi connectivity index (χ2n) is 4.39. The first-order valence-electron chi connectivity index (χ1n) is 6.70. The lowest BCUT2D eigenvalue weighted by atomic mass is 9.98. The van der Waals surface area contributed by atoms with Gasteiger partial charge in [0.2, 0.25) is 0 Å². The van der Waals surface area contributed by atoms with Crippen LogP contribution in [0.15, 0.2) is 48.8 Å². The van der Waals surface area contributed by atoms with Crippen LogP contribution in [0.2, 0.25) is 0 Å². The summed E-state index contributed by atoms with van der Waals surface area (Å²) in [6.45, 7) is 4.72. The summed E-state index contributed by atoms with van der Waals surface area (Å²) in [5.74, 6) is 0. The summed E-state index contributed by atoms with van der Waals surface area (Å²) in [4.78, 5) is 15.4. The Morgan fingerprint density at radius 2 is 2.15 bits per heavy atom. The molecule has 2 aromatic rings. The molecule has 1 heterocycles. The number of carbonyl (C=O) groups is 1. The standard InChI is InChI=1S/C17H18N2O/c1-3-13(12-20)16-10-14(7-8-17(16)19-4-2)15-6-5-9-18-11-15/h3,5-12,19H,4H2,1-2H3/b13-3+. The van der Waals surface area contributed by atoms with E-state index in [4.69, 9.17) is 0 Å². The molecule has 0 aliphatic carbocycles. The predicted molar refractivity (Wildman–Crippen MR) is 83.6 cm³/mol. The van der Waals surface area contributed by atoms with E-state index in [0.717, 1.165) is 35.2 Å². The summed E-state index contributed by atoms with van der Waals surface area (Å²) >= 11 is 0. The molecule has 2 rings (SSSR count). The lowest BCUT2D eigenvalue weighted by Gasteiger charge is -2.13. The number of carbonyl (C=O) groups excluding carboxylic acids is 1. The van der Waals surface area contributed by atoms with Gasteiger partial charge in [-0.25, -0.2) is 0 Å². The van der Waals surface area contributed by atoms with Crippen molar-refractivity contribution in [3.05, 3.63) is 54.4 Å². The average molecular weight is 266 g/mol. The van der Waals surface area contributed by atoms with Crippen LogP contribution in [0, 0.1) is 0 Å². The minimum Gasteiger partial charge on any atom is -0.385 e. The van der Waals surface area contributed by atoms with Crippen molar-refractivity contribution in [1.82, 2.24) is 4.98 Å². The topological polar surface area (TPSA) is 42.0 Å². The van der Waals surface area contributed by atoms with Crippen molar-refractivity contribution in [3.63, 3.8) is 0 Å². The van der Waals surface area contributed by atoms with Gasteiger partial charge >= 0.3 is 0 Å². The Balaban J connectivity index is 2.54. The number of benzene rings is 1. The molecule has 0 spiro atoms. The van der Waals surface area contributed by atoms with E-state index in [1.807, 2.05) is 56.5 Å². The van der Waals surface area contributed by atoms with Crippen LogP contribution in [0.4, 0.5) is 5.69 Å². The molecule has 0 fully saturated rings. The normalized spacial score (nSPS) is 11.2. The van der Waals surface area contributed by atoms with E-state index >= 15 is 0 Å². The highest BCUT2D eigenvalue weighted by atomic mass is 16.1. The Morgan fingerprint density at radius 3 is 2.75 bits per heavy atom. The molecule has 20 heavy (non-hydrogen) atoms. The maximum atomic E-state index is 11.2. The highest BCUT2D eigenvalue weighted by molar-refractivity contribution is 6.09. The fraction of sp³-hybridized carbons (Fsp3) is 0.176. The molecule has 0 saturated carbocycles. The van der Waals surface area contributed by atoms with E-state index in [9.17, 15) is 4.79 Å². The van der Waals surface area contributed by atoms with Gasteiger partial charge in [0.1, 0.15) is 6.29 Å². The molecule has 0 atom stereocenters. The molecule has 0 radical (unpaired) electrons. The lowest BCUT2D eigenvalue weighted by molar-refractivity contribution is -0.103. The van der Waals surface area contributed by atoms with E-state index in [1.54, 1.807) is 6.20 Å². The third kappa shape index (κ3) is 2.94. The zero-order valence-electron chi connectivity index (χ0n) is 11.8. The van der Waals surface area contributed by atoms with Crippen LogP contribution >= 0.6 is 0 Å². The summed E-state index contributed by atoms with van der Waals surface area (Å²) in [6, 6.07) is 9.99. The number of nitrogens with one attached hydrogen (secondary N) is 1. The van der Waals surface area contributed by atoms with Gasteiger partial charge in [0.25, 0.3) is 0 Å². The fourth-order valence-electron chi connectivity index (χ4n) is 2.13. The van der Waals surface area contributed by atoms with Crippen LogP contribution in [0.5, 0.6) is 0 Å². The zero-order chi connectivity index (χ0) is 14.4. The number of anilines is 1. The minimum absolute atomic E-state index is 0.687. The summed E-state index contributed by atoms with van der Waals surface area (Å²) in [6.07, 6.45) is 6.29. The Hall–Kier alpha value is -2.42. The van der Waals surface area contributed by atoms with Crippen LogP contribution in [-0.4, -0.2) is 17.8 Å². The summed E-state index contributed by atoms with van der Waals surface area (Å²) in [5, 5.41) is 3.29. The average Bonchev–Trinajstić information content (AvgIpc) is 2.51. The smallest absolute Gasteiger partial charge is 0.150 e. The summed E-state index contributed by atoms with van der Waals surface area (Å²) in [7, 11) is 0. The Labute approximate surface area is 119 Å². The van der Waals surface area contributed by atoms with Gasteiger partial charge in [-0.2, -0.15) is 0 Å². The van der Waals surface area contributed by atoms with Gasteiger partial charge in [0.15, 0.2) is 0 Å². The van der Waals surface area contributed by atoms with Crippen molar-refractivity contribution in [2.75, 3.05) is 11.9 Å². The Kier molecular flexibility index (Phi) is 4.66. The van der Waals surface area contributed by atoms with E-state index in [0.29, 0.717) is 5.57 Å². The second kappa shape index (κ2) is 6.66. The van der Waals surface area contributed by atoms with Crippen molar-refractivity contribution >= 4 is 17.5 Å². The molecule has 0 bridgehead atoms. The summed E-state index contributed by atoms with van der Waals surface area (Å²) in [5.41, 5.74) is 4.67. The van der Waals surface area contributed by atoms with Crippen molar-refractivity contribution in [1.29, 1.82) is 0 Å². The number of aromatic nitrogens is 1. The van der Waals surface area contributed by atoms with E-state index in [-0.39, 0.29) is 0 Å². The van der Waals surface area contributed by atoms with Crippen LogP contribution < -0.4 is 5.32 Å². The van der Waals surface area contributed by atoms with Gasteiger partial charge < -0.3 is 5.32 Å². The third-order valence-corrected chi connectivity index (χ3v) is 3.13. The molecular formula is C17H18N2O. The van der Waals surface area contributed by atoms with Gasteiger partial charge in [0.05, 0.1) is 0 Å². The summed E-state index contributed by atoms with van der Waals surface area (Å²) < 4.78 is 0. The van der Waals surface area contributed by atoms with Gasteiger partial charge in [0, 0.05) is 41.3 Å². The van der Waals surface area contributed by atoms with Crippen molar-refractivity contribution in [2.24, 2.45) is 0 Å². The number of rotatable bonds is 5. The van der Waals surface area contributed by atoms with E-state index in [1.165, 1.54) is 0 Å². The van der Waals surface area contributed by atoms with E-state index in [2.05, 4.69) is 10.3 Å². The first kappa shape index (κ1) is 14.0. The van der Waals surface area contributed by atoms with Crippen LogP contribution in [0.25, 0.3) is 16.7 Å². The molecule has 3 nitrogen and oxygen atoms in total. The first-order valence-corrected chi connectivity index (χ1v) is 6.70. The number of pyridine rings is 1. The SMILES string of the molecule is C/C=C(\C=O)c1cc(-c2cccnc2)ccc1NCC. The Morgan fingerprint density at radius 1 is 1.30 bits per heavy atom. The molecule has 1 aromatic carbocycles. The van der Waals surface area contributed by atoms with Crippen LogP contribution in [-0.2, 0) is 4.79 Å². The predicted octanol–water partition coefficient (Wildman–Crippen LogP) is 3.78. The largest absolute Gasteiger partial charge is 0.385 e. The van der Waals surface area contributed by atoms with Crippen LogP contribution in [0.1, 0.15) is 19.4 Å². The maximum Gasteiger partial charge on any atom is 0.150 e. The van der Waals surface area contributed by atoms with Gasteiger partial charge in [-0.3, -0.25) is 9.78 Å². The van der Waals surface area contributed by atoms with Crippen LogP contribution in [0.3, 0.4) is 0 Å². The fourth-order valence-corrected chi connectivity index (χ4v) is 2.13. The zero-order valence-corrected chi connectivity index (χ0v) is 11.8. The molecule has 1 N–H and O–H groups in total. The molecule has 3 heteroatoms. The van der Waals surface area contributed by atoms with Gasteiger partial charge in [-0.1, -0.05) is 18.2 Å². The molecule has 0 aliphatic rings. The molecule has 0 aliphatic heterocycles. The first-order chi connectivity index (χ1) is 9.80. The molecule has 0 saturated heterocycles. The number of nitrogens with zero attached hydrogens (tertiary/aromatic N) is 1. The second-order valence-corrected chi connectivity index (χ2v) is 4.39. The van der Waals surface area contributed by atoms with Gasteiger partial charge in [-0.15, -0.1) is 0 Å². The molecular weight excluding hydrogens is 248 g/mol. The highest BCUT2D eigenvalue weighted by Gasteiger charge is 2.08. The quantitative estimate of drug-likeness (QED) is 0.661. The monoisotopic (exact) mass is 266 g/mol. The number of hydrogen-bond donors (Lipinski definition) is 1. The number of allylic oxidation sites excluding steroid dienone is 2. The van der Waals surface area contributed by atoms with Crippen molar-refractivity contribution in [3.8, 4) is 11.1 Å².